The van der Waals surface area contributed by atoms with Crippen molar-refractivity contribution in [3.05, 3.63) is 88.2 Å². The molecule has 7 nitrogen and oxygen atoms in total. The average molecular weight is 445 g/mol. The molecule has 1 aliphatic heterocycles. The van der Waals surface area contributed by atoms with Crippen LogP contribution < -0.4 is 10.3 Å². The first kappa shape index (κ1) is 21.4. The third-order valence-electron chi connectivity index (χ3n) is 5.08. The molecule has 0 unspecified atom stereocenters. The molecule has 32 heavy (non-hydrogen) atoms. The minimum Gasteiger partial charge on any atom is -0.497 e. The molecule has 3 aromatic rings. The third-order valence-corrected chi connectivity index (χ3v) is 5.08. The molecule has 166 valence electrons. The molecule has 4 rings (SSSR count). The number of carbonyl (C=O) groups is 1. The molecule has 0 fully saturated rings. The molecule has 0 radical (unpaired) electrons. The monoisotopic (exact) mass is 445 g/mol. The largest absolute Gasteiger partial charge is 0.497 e. The number of pyridine rings is 1. The van der Waals surface area contributed by atoms with Crippen molar-refractivity contribution < 1.29 is 27.1 Å². The van der Waals surface area contributed by atoms with Gasteiger partial charge in [-0.15, -0.1) is 0 Å². The van der Waals surface area contributed by atoms with Crippen LogP contribution in [-0.4, -0.2) is 28.3 Å². The Hall–Kier alpha value is -3.82. The van der Waals surface area contributed by atoms with E-state index in [1.807, 2.05) is 0 Å². The van der Waals surface area contributed by atoms with Crippen molar-refractivity contribution in [3.63, 3.8) is 0 Å². The van der Waals surface area contributed by atoms with Gasteiger partial charge in [-0.1, -0.05) is 0 Å². The highest BCUT2D eigenvalue weighted by Gasteiger charge is 2.36. The van der Waals surface area contributed by atoms with Crippen LogP contribution in [0.5, 0.6) is 5.75 Å². The van der Waals surface area contributed by atoms with E-state index in [4.69, 9.17) is 9.15 Å². The van der Waals surface area contributed by atoms with Gasteiger partial charge in [0.25, 0.3) is 11.5 Å². The van der Waals surface area contributed by atoms with E-state index in [9.17, 15) is 22.8 Å². The lowest BCUT2D eigenvalue weighted by molar-refractivity contribution is -0.139. The second kappa shape index (κ2) is 8.37. The van der Waals surface area contributed by atoms with Crippen molar-refractivity contribution in [2.24, 2.45) is 5.10 Å². The number of furan rings is 1. The number of benzene rings is 1. The number of hydrogen-bond donors (Lipinski definition) is 0. The molecule has 0 spiro atoms. The van der Waals surface area contributed by atoms with Crippen LogP contribution in [0.1, 0.15) is 29.3 Å². The van der Waals surface area contributed by atoms with Gasteiger partial charge in [0.2, 0.25) is 0 Å². The van der Waals surface area contributed by atoms with E-state index < -0.39 is 35.8 Å². The van der Waals surface area contributed by atoms with Gasteiger partial charge in [0, 0.05) is 18.7 Å². The lowest BCUT2D eigenvalue weighted by Gasteiger charge is -2.20. The van der Waals surface area contributed by atoms with Crippen molar-refractivity contribution in [3.8, 4) is 5.75 Å². The van der Waals surface area contributed by atoms with E-state index in [1.165, 1.54) is 6.26 Å². The summed E-state index contributed by atoms with van der Waals surface area (Å²) in [7, 11) is 1.55. The molecule has 3 heterocycles. The summed E-state index contributed by atoms with van der Waals surface area (Å²) in [5, 5.41) is 5.57. The summed E-state index contributed by atoms with van der Waals surface area (Å²) >= 11 is 0. The van der Waals surface area contributed by atoms with Crippen molar-refractivity contribution in [2.45, 2.75) is 25.2 Å². The molecule has 0 bridgehead atoms. The van der Waals surface area contributed by atoms with Gasteiger partial charge in [0.15, 0.2) is 0 Å². The molecule has 1 atom stereocenters. The number of aromatic nitrogens is 1. The highest BCUT2D eigenvalue weighted by molar-refractivity contribution is 6.03. The van der Waals surface area contributed by atoms with Crippen LogP contribution in [0.25, 0.3) is 0 Å². The van der Waals surface area contributed by atoms with E-state index in [2.05, 4.69) is 5.10 Å². The zero-order chi connectivity index (χ0) is 22.9. The van der Waals surface area contributed by atoms with Gasteiger partial charge < -0.3 is 13.7 Å². The number of carbonyl (C=O) groups excluding carboxylic acids is 1. The molecule has 1 aliphatic rings. The van der Waals surface area contributed by atoms with Crippen LogP contribution in [0.15, 0.2) is 75.3 Å². The smallest absolute Gasteiger partial charge is 0.417 e. The van der Waals surface area contributed by atoms with Gasteiger partial charge in [-0.2, -0.15) is 18.3 Å². The van der Waals surface area contributed by atoms with E-state index in [1.54, 1.807) is 43.5 Å². The van der Waals surface area contributed by atoms with Crippen molar-refractivity contribution in [1.29, 1.82) is 0 Å². The molecule has 0 saturated heterocycles. The van der Waals surface area contributed by atoms with Gasteiger partial charge in [-0.05, 0) is 48.0 Å². The topological polar surface area (TPSA) is 77.0 Å². The lowest BCUT2D eigenvalue weighted by atomic mass is 10.0. The molecule has 1 amide bonds. The maximum atomic E-state index is 13.0. The van der Waals surface area contributed by atoms with Gasteiger partial charge in [-0.25, -0.2) is 5.01 Å². The maximum absolute atomic E-state index is 13.0. The van der Waals surface area contributed by atoms with E-state index in [0.717, 1.165) is 21.2 Å². The predicted octanol–water partition coefficient (Wildman–Crippen LogP) is 3.85. The number of hydrogen-bond acceptors (Lipinski definition) is 5. The highest BCUT2D eigenvalue weighted by Crippen LogP contribution is 2.34. The first-order valence-corrected chi connectivity index (χ1v) is 9.61. The predicted molar refractivity (Wildman–Crippen MR) is 108 cm³/mol. The molecule has 0 aliphatic carbocycles. The van der Waals surface area contributed by atoms with Crippen LogP contribution in [0.2, 0.25) is 0 Å². The molecule has 1 aromatic carbocycles. The summed E-state index contributed by atoms with van der Waals surface area (Å²) < 4.78 is 50.4. The normalized spacial score (nSPS) is 16.2. The van der Waals surface area contributed by atoms with Crippen molar-refractivity contribution in [1.82, 2.24) is 9.58 Å². The summed E-state index contributed by atoms with van der Waals surface area (Å²) in [6.07, 6.45) is -2.21. The minimum atomic E-state index is -4.64. The Morgan fingerprint density at radius 3 is 2.56 bits per heavy atom. The van der Waals surface area contributed by atoms with E-state index in [-0.39, 0.29) is 0 Å². The summed E-state index contributed by atoms with van der Waals surface area (Å²) in [5.41, 5.74) is -0.386. The lowest BCUT2D eigenvalue weighted by Crippen LogP contribution is -2.34. The van der Waals surface area contributed by atoms with Gasteiger partial charge >= 0.3 is 6.18 Å². The van der Waals surface area contributed by atoms with Crippen LogP contribution in [0.4, 0.5) is 13.2 Å². The summed E-state index contributed by atoms with van der Waals surface area (Å²) in [4.78, 5) is 25.1. The zero-order valence-corrected chi connectivity index (χ0v) is 16.9. The summed E-state index contributed by atoms with van der Waals surface area (Å²) in [6.45, 7) is -0.598. The van der Waals surface area contributed by atoms with E-state index in [0.29, 0.717) is 35.9 Å². The number of alkyl halides is 3. The van der Waals surface area contributed by atoms with Gasteiger partial charge in [-0.3, -0.25) is 9.59 Å². The fourth-order valence-electron chi connectivity index (χ4n) is 3.44. The Balaban J connectivity index is 1.64. The number of methoxy groups -OCH3 is 1. The molecule has 0 saturated carbocycles. The average Bonchev–Trinajstić information content (AvgIpc) is 3.44. The number of ether oxygens (including phenoxy) is 1. The van der Waals surface area contributed by atoms with Crippen LogP contribution in [0.3, 0.4) is 0 Å². The first-order chi connectivity index (χ1) is 15.3. The number of rotatable bonds is 5. The maximum Gasteiger partial charge on any atom is 0.417 e. The first-order valence-electron chi connectivity index (χ1n) is 9.61. The minimum absolute atomic E-state index is 0.336. The highest BCUT2D eigenvalue weighted by atomic mass is 19.4. The Kier molecular flexibility index (Phi) is 5.60. The third kappa shape index (κ3) is 4.29. The number of hydrazone groups is 1. The Morgan fingerprint density at radius 2 is 1.94 bits per heavy atom. The number of amides is 1. The Labute approximate surface area is 180 Å². The standard InChI is InChI=1S/C22H18F3N3O4/c1-31-16-7-4-14(5-8-16)17-11-18(19-3-2-10-32-19)28(26-17)21(30)13-27-12-15(22(23,24)25)6-9-20(27)29/h2-10,12,18H,11,13H2,1H3/t18-/m1/s1. The quantitative estimate of drug-likeness (QED) is 0.598. The summed E-state index contributed by atoms with van der Waals surface area (Å²) in [6, 6.07) is 11.3. The molecule has 10 heteroatoms. The second-order valence-corrected chi connectivity index (χ2v) is 7.13. The second-order valence-electron chi connectivity index (χ2n) is 7.13. The fraction of sp³-hybridized carbons (Fsp3) is 0.227. The van der Waals surface area contributed by atoms with Crippen LogP contribution in [-0.2, 0) is 17.5 Å². The number of nitrogens with zero attached hydrogens (tertiary/aromatic N) is 3. The SMILES string of the molecule is COc1ccc(C2=NN(C(=O)Cn3cc(C(F)(F)F)ccc3=O)[C@@H](c3ccco3)C2)cc1. The van der Waals surface area contributed by atoms with Gasteiger partial charge in [0.1, 0.15) is 24.1 Å². The molecule has 2 aromatic heterocycles. The van der Waals surface area contributed by atoms with Crippen molar-refractivity contribution >= 4 is 11.6 Å². The zero-order valence-electron chi connectivity index (χ0n) is 16.9. The van der Waals surface area contributed by atoms with E-state index >= 15 is 0 Å². The molecule has 0 N–H and O–H groups in total. The summed E-state index contributed by atoms with van der Waals surface area (Å²) in [5.74, 6) is 0.491. The fourth-order valence-corrected chi connectivity index (χ4v) is 3.44. The molecular weight excluding hydrogens is 427 g/mol. The Bertz CT molecular complexity index is 1200. The molecular formula is C22H18F3N3O4. The number of halogens is 3. The van der Waals surface area contributed by atoms with Gasteiger partial charge in [0.05, 0.1) is 24.6 Å². The Morgan fingerprint density at radius 1 is 1.19 bits per heavy atom. The van der Waals surface area contributed by atoms with Crippen LogP contribution >= 0.6 is 0 Å². The van der Waals surface area contributed by atoms with Crippen LogP contribution in [0, 0.1) is 0 Å². The van der Waals surface area contributed by atoms with Crippen molar-refractivity contribution in [2.75, 3.05) is 7.11 Å².